The largest absolute Gasteiger partial charge is 0.326 e. The molecule has 2 heterocycles. The molecule has 1 aromatic heterocycles. The van der Waals surface area contributed by atoms with E-state index in [1.54, 1.807) is 5.01 Å². The summed E-state index contributed by atoms with van der Waals surface area (Å²) in [5.74, 6) is 0. The van der Waals surface area contributed by atoms with Crippen LogP contribution in [0.15, 0.2) is 29.2 Å². The molecule has 1 aromatic carbocycles. The maximum atomic E-state index is 12.8. The molecule has 1 aliphatic rings. The summed E-state index contributed by atoms with van der Waals surface area (Å²) in [5.41, 5.74) is 5.75. The minimum Gasteiger partial charge on any atom is -0.326 e. The Morgan fingerprint density at radius 1 is 1.19 bits per heavy atom. The highest BCUT2D eigenvalue weighted by Crippen LogP contribution is 2.34. The smallest absolute Gasteiger partial charge is 0.255 e. The van der Waals surface area contributed by atoms with Gasteiger partial charge in [-0.1, -0.05) is 24.6 Å². The molecule has 1 aliphatic heterocycles. The van der Waals surface area contributed by atoms with Gasteiger partial charge in [-0.25, -0.2) is 13.4 Å². The molecule has 21 heavy (non-hydrogen) atoms. The average molecular weight is 325 g/mol. The molecular formula is C14H19N3O2S2. The van der Waals surface area contributed by atoms with Crippen LogP contribution < -0.4 is 10.6 Å². The molecule has 0 spiro atoms. The van der Waals surface area contributed by atoms with Gasteiger partial charge in [0.15, 0.2) is 0 Å². The van der Waals surface area contributed by atoms with E-state index in [4.69, 9.17) is 5.73 Å². The molecule has 0 atom stereocenters. The standard InChI is InChI=1S/C14H19N3O2S2/c15-10-13-14(11-6-2-3-7-12(11)20-13)21(18,19)16-17-8-4-1-5-9-17/h2-3,6-7,16H,1,4-5,8-10,15H2. The van der Waals surface area contributed by atoms with Crippen molar-refractivity contribution in [2.24, 2.45) is 5.73 Å². The second-order valence-corrected chi connectivity index (χ2v) is 7.93. The second kappa shape index (κ2) is 6.02. The Hall–Kier alpha value is -0.990. The van der Waals surface area contributed by atoms with Crippen molar-refractivity contribution in [3.05, 3.63) is 29.1 Å². The van der Waals surface area contributed by atoms with E-state index in [0.717, 1.165) is 42.4 Å². The summed E-state index contributed by atoms with van der Waals surface area (Å²) in [4.78, 5) is 3.77. The van der Waals surface area contributed by atoms with Gasteiger partial charge in [0, 0.05) is 34.6 Å². The summed E-state index contributed by atoms with van der Waals surface area (Å²) < 4.78 is 26.5. The van der Waals surface area contributed by atoms with E-state index in [0.29, 0.717) is 9.77 Å². The predicted octanol–water partition coefficient (Wildman–Crippen LogP) is 2.04. The minimum atomic E-state index is -3.58. The number of rotatable bonds is 4. The van der Waals surface area contributed by atoms with Crippen LogP contribution >= 0.6 is 11.3 Å². The number of nitrogens with zero attached hydrogens (tertiary/aromatic N) is 1. The summed E-state index contributed by atoms with van der Waals surface area (Å²) in [6.45, 7) is 1.76. The third-order valence-electron chi connectivity index (χ3n) is 3.68. The molecule has 0 amide bonds. The zero-order valence-corrected chi connectivity index (χ0v) is 13.3. The quantitative estimate of drug-likeness (QED) is 0.902. The van der Waals surface area contributed by atoms with Crippen molar-refractivity contribution in [1.29, 1.82) is 0 Å². The monoisotopic (exact) mass is 325 g/mol. The first-order valence-electron chi connectivity index (χ1n) is 7.10. The van der Waals surface area contributed by atoms with Crippen LogP contribution in [0, 0.1) is 0 Å². The Morgan fingerprint density at radius 2 is 1.90 bits per heavy atom. The van der Waals surface area contributed by atoms with Gasteiger partial charge in [0.1, 0.15) is 4.90 Å². The van der Waals surface area contributed by atoms with Crippen LogP contribution in [0.2, 0.25) is 0 Å². The number of nitrogens with one attached hydrogen (secondary N) is 1. The molecule has 0 unspecified atom stereocenters. The lowest BCUT2D eigenvalue weighted by Crippen LogP contribution is -2.45. The van der Waals surface area contributed by atoms with Gasteiger partial charge in [0.2, 0.25) is 0 Å². The van der Waals surface area contributed by atoms with E-state index in [1.165, 1.54) is 11.3 Å². The van der Waals surface area contributed by atoms with Crippen molar-refractivity contribution in [1.82, 2.24) is 9.84 Å². The number of fused-ring (bicyclic) bond motifs is 1. The summed E-state index contributed by atoms with van der Waals surface area (Å²) in [5, 5.41) is 2.55. The third kappa shape index (κ3) is 2.97. The van der Waals surface area contributed by atoms with Gasteiger partial charge < -0.3 is 5.73 Å². The molecule has 0 aliphatic carbocycles. The lowest BCUT2D eigenvalue weighted by atomic mass is 10.2. The van der Waals surface area contributed by atoms with Gasteiger partial charge in [-0.05, 0) is 18.9 Å². The van der Waals surface area contributed by atoms with E-state index >= 15 is 0 Å². The van der Waals surface area contributed by atoms with Gasteiger partial charge in [-0.15, -0.1) is 16.2 Å². The summed E-state index contributed by atoms with van der Waals surface area (Å²) in [6, 6.07) is 7.54. The van der Waals surface area contributed by atoms with Crippen LogP contribution in [0.5, 0.6) is 0 Å². The Kier molecular flexibility index (Phi) is 4.28. The molecule has 2 aromatic rings. The number of piperidine rings is 1. The molecular weight excluding hydrogens is 306 g/mol. The molecule has 3 rings (SSSR count). The summed E-state index contributed by atoms with van der Waals surface area (Å²) in [6.07, 6.45) is 3.21. The van der Waals surface area contributed by atoms with Crippen LogP contribution in [0.25, 0.3) is 10.1 Å². The first-order valence-corrected chi connectivity index (χ1v) is 9.39. The van der Waals surface area contributed by atoms with E-state index in [9.17, 15) is 8.42 Å². The molecule has 0 bridgehead atoms. The second-order valence-electron chi connectivity index (χ2n) is 5.20. The molecule has 5 nitrogen and oxygen atoms in total. The Bertz CT molecular complexity index is 734. The highest BCUT2D eigenvalue weighted by atomic mass is 32.2. The molecule has 3 N–H and O–H groups in total. The number of thiophene rings is 1. The molecule has 7 heteroatoms. The first-order chi connectivity index (χ1) is 10.1. The topological polar surface area (TPSA) is 75.4 Å². The lowest BCUT2D eigenvalue weighted by molar-refractivity contribution is 0.200. The fraction of sp³-hybridized carbons (Fsp3) is 0.429. The Labute approximate surface area is 128 Å². The maximum Gasteiger partial charge on any atom is 0.255 e. The SMILES string of the molecule is NCc1sc2ccccc2c1S(=O)(=O)NN1CCCCC1. The van der Waals surface area contributed by atoms with Gasteiger partial charge in [-0.3, -0.25) is 0 Å². The zero-order valence-electron chi connectivity index (χ0n) is 11.7. The van der Waals surface area contributed by atoms with Crippen LogP contribution in [-0.2, 0) is 16.6 Å². The van der Waals surface area contributed by atoms with E-state index in [-0.39, 0.29) is 6.54 Å². The maximum absolute atomic E-state index is 12.8. The van der Waals surface area contributed by atoms with Crippen molar-refractivity contribution < 1.29 is 8.42 Å². The normalized spacial score (nSPS) is 17.4. The van der Waals surface area contributed by atoms with Crippen LogP contribution in [0.4, 0.5) is 0 Å². The van der Waals surface area contributed by atoms with Crippen LogP contribution in [0.3, 0.4) is 0 Å². The van der Waals surface area contributed by atoms with Gasteiger partial charge >= 0.3 is 0 Å². The predicted molar refractivity (Wildman–Crippen MR) is 85.5 cm³/mol. The molecule has 0 radical (unpaired) electrons. The van der Waals surface area contributed by atoms with E-state index < -0.39 is 10.0 Å². The fourth-order valence-corrected chi connectivity index (χ4v) is 5.66. The van der Waals surface area contributed by atoms with Crippen molar-refractivity contribution in [2.45, 2.75) is 30.7 Å². The number of benzene rings is 1. The van der Waals surface area contributed by atoms with Gasteiger partial charge in [0.25, 0.3) is 10.0 Å². The zero-order chi connectivity index (χ0) is 14.9. The van der Waals surface area contributed by atoms with Crippen molar-refractivity contribution in [3.8, 4) is 0 Å². The lowest BCUT2D eigenvalue weighted by Gasteiger charge is -2.26. The number of hydrogen-bond donors (Lipinski definition) is 2. The van der Waals surface area contributed by atoms with Gasteiger partial charge in [-0.2, -0.15) is 0 Å². The number of nitrogens with two attached hydrogens (primary N) is 1. The average Bonchev–Trinajstić information content (AvgIpc) is 2.87. The summed E-state index contributed by atoms with van der Waals surface area (Å²) >= 11 is 1.45. The van der Waals surface area contributed by atoms with E-state index in [1.807, 2.05) is 24.3 Å². The van der Waals surface area contributed by atoms with Crippen molar-refractivity contribution in [3.63, 3.8) is 0 Å². The fourth-order valence-electron chi connectivity index (χ4n) is 2.70. The summed E-state index contributed by atoms with van der Waals surface area (Å²) in [7, 11) is -3.58. The highest BCUT2D eigenvalue weighted by Gasteiger charge is 2.26. The number of sulfonamides is 1. The minimum absolute atomic E-state index is 0.232. The number of hydrazine groups is 1. The Balaban J connectivity index is 2.01. The first kappa shape index (κ1) is 14.9. The van der Waals surface area contributed by atoms with Crippen LogP contribution in [0.1, 0.15) is 24.1 Å². The van der Waals surface area contributed by atoms with Gasteiger partial charge in [0.05, 0.1) is 0 Å². The highest BCUT2D eigenvalue weighted by molar-refractivity contribution is 7.90. The number of hydrogen-bond acceptors (Lipinski definition) is 5. The third-order valence-corrected chi connectivity index (χ3v) is 6.50. The molecule has 1 saturated heterocycles. The van der Waals surface area contributed by atoms with Crippen molar-refractivity contribution in [2.75, 3.05) is 13.1 Å². The van der Waals surface area contributed by atoms with E-state index in [2.05, 4.69) is 4.83 Å². The Morgan fingerprint density at radius 3 is 2.62 bits per heavy atom. The van der Waals surface area contributed by atoms with Crippen molar-refractivity contribution >= 4 is 31.4 Å². The molecule has 114 valence electrons. The molecule has 0 saturated carbocycles. The molecule has 1 fully saturated rings. The van der Waals surface area contributed by atoms with Crippen LogP contribution in [-0.4, -0.2) is 26.5 Å².